The second-order valence-electron chi connectivity index (χ2n) is 13.4. The summed E-state index contributed by atoms with van der Waals surface area (Å²) >= 11 is 0. The molecule has 1 aromatic carbocycles. The monoisotopic (exact) mass is 621 g/mol. The van der Waals surface area contributed by atoms with Crippen LogP contribution in [0.15, 0.2) is 30.3 Å². The fourth-order valence-corrected chi connectivity index (χ4v) is 3.69. The van der Waals surface area contributed by atoms with Crippen LogP contribution in [0.4, 0.5) is 9.59 Å². The highest BCUT2D eigenvalue weighted by Gasteiger charge is 2.31. The minimum Gasteiger partial charge on any atom is -0.460 e. The zero-order valence-corrected chi connectivity index (χ0v) is 27.7. The van der Waals surface area contributed by atoms with Crippen molar-refractivity contribution in [2.24, 2.45) is 0 Å². The maximum atomic E-state index is 13.0. The number of amides is 3. The van der Waals surface area contributed by atoms with Gasteiger partial charge in [0, 0.05) is 13.0 Å². The van der Waals surface area contributed by atoms with Crippen molar-refractivity contribution in [1.29, 1.82) is 0 Å². The van der Waals surface area contributed by atoms with Crippen LogP contribution >= 0.6 is 0 Å². The van der Waals surface area contributed by atoms with Gasteiger partial charge in [-0.25, -0.2) is 19.2 Å². The number of unbranched alkanes of at least 4 members (excludes halogenated alkanes) is 1. The van der Waals surface area contributed by atoms with Crippen LogP contribution in [0.2, 0.25) is 0 Å². The van der Waals surface area contributed by atoms with E-state index in [1.54, 1.807) is 62.3 Å². The van der Waals surface area contributed by atoms with Gasteiger partial charge in [-0.15, -0.1) is 0 Å². The van der Waals surface area contributed by atoms with Gasteiger partial charge >= 0.3 is 30.0 Å². The van der Waals surface area contributed by atoms with Crippen LogP contribution in [-0.4, -0.2) is 65.5 Å². The number of nitrogens with one attached hydrogen (secondary N) is 3. The number of hydrogen-bond donors (Lipinski definition) is 3. The van der Waals surface area contributed by atoms with E-state index in [9.17, 15) is 24.0 Å². The molecule has 3 N–H and O–H groups in total. The first kappa shape index (κ1) is 38.2. The van der Waals surface area contributed by atoms with Crippen LogP contribution in [0, 0.1) is 0 Å². The molecule has 0 aromatic heterocycles. The number of hydrogen-bond acceptors (Lipinski definition) is 9. The molecular formula is C32H51N3O9. The minimum atomic E-state index is -1.17. The van der Waals surface area contributed by atoms with Gasteiger partial charge in [0.25, 0.3) is 0 Å². The highest BCUT2D eigenvalue weighted by Crippen LogP contribution is 2.15. The largest absolute Gasteiger partial charge is 0.460 e. The number of rotatable bonds is 14. The predicted molar refractivity (Wildman–Crippen MR) is 164 cm³/mol. The average molecular weight is 622 g/mol. The van der Waals surface area contributed by atoms with Crippen molar-refractivity contribution >= 4 is 30.0 Å². The zero-order valence-electron chi connectivity index (χ0n) is 27.7. The molecular weight excluding hydrogens is 570 g/mol. The Morgan fingerprint density at radius 1 is 0.682 bits per heavy atom. The first-order valence-corrected chi connectivity index (χ1v) is 14.9. The molecule has 12 heteroatoms. The summed E-state index contributed by atoms with van der Waals surface area (Å²) in [5.41, 5.74) is -1.47. The van der Waals surface area contributed by atoms with Gasteiger partial charge in [0.1, 0.15) is 35.5 Å². The molecule has 2 atom stereocenters. The molecule has 1 rings (SSSR count). The van der Waals surface area contributed by atoms with E-state index >= 15 is 0 Å². The van der Waals surface area contributed by atoms with Gasteiger partial charge in [0.15, 0.2) is 0 Å². The summed E-state index contributed by atoms with van der Waals surface area (Å²) in [6, 6.07) is 6.27. The summed E-state index contributed by atoms with van der Waals surface area (Å²) in [5, 5.41) is 7.79. The van der Waals surface area contributed by atoms with E-state index in [4.69, 9.17) is 18.9 Å². The first-order valence-electron chi connectivity index (χ1n) is 14.9. The van der Waals surface area contributed by atoms with Crippen molar-refractivity contribution in [3.8, 4) is 0 Å². The van der Waals surface area contributed by atoms with Crippen molar-refractivity contribution in [3.05, 3.63) is 35.9 Å². The molecule has 0 fully saturated rings. The minimum absolute atomic E-state index is 0.0691. The van der Waals surface area contributed by atoms with Crippen LogP contribution in [0.5, 0.6) is 0 Å². The summed E-state index contributed by atoms with van der Waals surface area (Å²) < 4.78 is 21.4. The molecule has 12 nitrogen and oxygen atoms in total. The molecule has 0 radical (unpaired) electrons. The molecule has 0 unspecified atom stereocenters. The summed E-state index contributed by atoms with van der Waals surface area (Å²) in [7, 11) is 0. The number of urea groups is 1. The van der Waals surface area contributed by atoms with Gasteiger partial charge < -0.3 is 34.9 Å². The third kappa shape index (κ3) is 18.7. The number of carbonyl (C=O) groups excluding carboxylic acids is 5. The maximum Gasteiger partial charge on any atom is 0.407 e. The van der Waals surface area contributed by atoms with E-state index in [1.807, 2.05) is 30.3 Å². The SMILES string of the molecule is CC(C)(C)OC(=O)CC[C@H](NC(=O)N[C@@H](CCCCNC(=O)OCc1ccccc1)C(=O)OC(C)(C)C)C(=O)OC(C)(C)C. The van der Waals surface area contributed by atoms with E-state index in [1.165, 1.54) is 0 Å². The molecule has 3 amide bonds. The Bertz CT molecular complexity index is 1090. The number of ether oxygens (including phenoxy) is 4. The number of alkyl carbamates (subject to hydrolysis) is 1. The molecule has 44 heavy (non-hydrogen) atoms. The van der Waals surface area contributed by atoms with E-state index in [0.29, 0.717) is 19.4 Å². The molecule has 0 saturated carbocycles. The summed E-state index contributed by atoms with van der Waals surface area (Å²) in [6.07, 6.45) is 0.391. The number of carbonyl (C=O) groups is 5. The van der Waals surface area contributed by atoms with Crippen LogP contribution in [0.3, 0.4) is 0 Å². The molecule has 0 saturated heterocycles. The second kappa shape index (κ2) is 17.5. The topological polar surface area (TPSA) is 158 Å². The van der Waals surface area contributed by atoms with Gasteiger partial charge in [-0.2, -0.15) is 0 Å². The van der Waals surface area contributed by atoms with E-state index in [0.717, 1.165) is 5.56 Å². The Balaban J connectivity index is 2.77. The fourth-order valence-electron chi connectivity index (χ4n) is 3.69. The lowest BCUT2D eigenvalue weighted by Crippen LogP contribution is -2.53. The Kier molecular flexibility index (Phi) is 15.2. The third-order valence-corrected chi connectivity index (χ3v) is 5.45. The molecule has 0 heterocycles. The molecule has 0 spiro atoms. The molecule has 0 aliphatic rings. The lowest BCUT2D eigenvalue weighted by atomic mass is 10.1. The van der Waals surface area contributed by atoms with Crippen LogP contribution in [0.25, 0.3) is 0 Å². The fraction of sp³-hybridized carbons (Fsp3) is 0.656. The smallest absolute Gasteiger partial charge is 0.407 e. The standard InChI is InChI=1S/C32H51N3O9/c1-30(2,3)42-25(36)19-18-24(27(38)44-32(7,8)9)35-28(39)34-23(26(37)43-31(4,5)6)17-13-14-20-33-29(40)41-21-22-15-11-10-12-16-22/h10-12,15-16,23-24H,13-14,17-21H2,1-9H3,(H,33,40)(H2,34,35,39)/t23-,24-/m0/s1. The Labute approximate surface area is 261 Å². The van der Waals surface area contributed by atoms with Crippen LogP contribution in [0.1, 0.15) is 100.0 Å². The number of esters is 3. The van der Waals surface area contributed by atoms with Crippen LogP contribution < -0.4 is 16.0 Å². The number of benzene rings is 1. The quantitative estimate of drug-likeness (QED) is 0.149. The van der Waals surface area contributed by atoms with Crippen molar-refractivity contribution in [3.63, 3.8) is 0 Å². The van der Waals surface area contributed by atoms with Gasteiger partial charge in [0.05, 0.1) is 0 Å². The van der Waals surface area contributed by atoms with Gasteiger partial charge in [0.2, 0.25) is 0 Å². The van der Waals surface area contributed by atoms with Crippen molar-refractivity contribution in [2.45, 2.75) is 130 Å². The lowest BCUT2D eigenvalue weighted by Gasteiger charge is -2.27. The van der Waals surface area contributed by atoms with Gasteiger partial charge in [-0.1, -0.05) is 30.3 Å². The van der Waals surface area contributed by atoms with Crippen LogP contribution in [-0.2, 0) is 39.9 Å². The van der Waals surface area contributed by atoms with E-state index in [2.05, 4.69) is 16.0 Å². The molecule has 1 aromatic rings. The maximum absolute atomic E-state index is 13.0. The highest BCUT2D eigenvalue weighted by atomic mass is 16.6. The molecule has 248 valence electrons. The van der Waals surface area contributed by atoms with E-state index < -0.39 is 58.9 Å². The second-order valence-corrected chi connectivity index (χ2v) is 13.4. The summed E-state index contributed by atoms with van der Waals surface area (Å²) in [5.74, 6) is -1.90. The predicted octanol–water partition coefficient (Wildman–Crippen LogP) is 4.92. The average Bonchev–Trinajstić information content (AvgIpc) is 2.86. The molecule has 0 aliphatic carbocycles. The Morgan fingerprint density at radius 2 is 1.18 bits per heavy atom. The van der Waals surface area contributed by atoms with Crippen molar-refractivity contribution in [2.75, 3.05) is 6.54 Å². The molecule has 0 bridgehead atoms. The van der Waals surface area contributed by atoms with Crippen molar-refractivity contribution in [1.82, 2.24) is 16.0 Å². The lowest BCUT2D eigenvalue weighted by molar-refractivity contribution is -0.159. The molecule has 0 aliphatic heterocycles. The Morgan fingerprint density at radius 3 is 1.68 bits per heavy atom. The van der Waals surface area contributed by atoms with Gasteiger partial charge in [-0.3, -0.25) is 4.79 Å². The third-order valence-electron chi connectivity index (χ3n) is 5.45. The highest BCUT2D eigenvalue weighted by molar-refractivity contribution is 5.87. The summed E-state index contributed by atoms with van der Waals surface area (Å²) in [6.45, 7) is 15.8. The van der Waals surface area contributed by atoms with Crippen molar-refractivity contribution < 1.29 is 42.9 Å². The first-order chi connectivity index (χ1) is 20.2. The zero-order chi connectivity index (χ0) is 33.6. The summed E-state index contributed by atoms with van der Waals surface area (Å²) in [4.78, 5) is 63.1. The van der Waals surface area contributed by atoms with Gasteiger partial charge in [-0.05, 0) is 93.6 Å². The Hall–Kier alpha value is -3.83. The normalized spacial score (nSPS) is 13.1. The van der Waals surface area contributed by atoms with E-state index in [-0.39, 0.29) is 25.9 Å².